The first-order valence-corrected chi connectivity index (χ1v) is 12.2. The molecule has 0 bridgehead atoms. The van der Waals surface area contributed by atoms with Crippen LogP contribution in [0.25, 0.3) is 0 Å². The van der Waals surface area contributed by atoms with E-state index in [-0.39, 0.29) is 17.9 Å². The fourth-order valence-corrected chi connectivity index (χ4v) is 5.45. The van der Waals surface area contributed by atoms with Crippen molar-refractivity contribution in [2.75, 3.05) is 4.90 Å². The van der Waals surface area contributed by atoms with Crippen LogP contribution in [0.1, 0.15) is 28.7 Å². The monoisotopic (exact) mass is 473 g/mol. The van der Waals surface area contributed by atoms with Gasteiger partial charge in [0, 0.05) is 6.54 Å². The lowest BCUT2D eigenvalue weighted by Gasteiger charge is -2.27. The summed E-state index contributed by atoms with van der Waals surface area (Å²) in [5.41, 5.74) is 3.33. The van der Waals surface area contributed by atoms with E-state index in [0.717, 1.165) is 20.3 Å². The number of hydrogen-bond acceptors (Lipinski definition) is 5. The number of aryl methyl sites for hydroxylation is 2. The molecule has 34 heavy (non-hydrogen) atoms. The van der Waals surface area contributed by atoms with Crippen molar-refractivity contribution in [3.05, 3.63) is 95.1 Å². The van der Waals surface area contributed by atoms with Gasteiger partial charge in [0.1, 0.15) is 6.04 Å². The van der Waals surface area contributed by atoms with Crippen LogP contribution in [0.15, 0.2) is 77.7 Å². The standard InChI is InChI=1S/C26H23N3O4S/c1-18-3-7-21(8-4-18)17-28(34(32,33)23-13-5-19(2)6-14-23)24-15-25(30)29(26(24)31)22-11-9-20(16-27)10-12-22/h3-14,24H,15,17H2,1-2H3. The Morgan fingerprint density at radius 2 is 1.47 bits per heavy atom. The van der Waals surface area contributed by atoms with Crippen LogP contribution in [0.3, 0.4) is 0 Å². The molecule has 0 saturated carbocycles. The minimum Gasteiger partial charge on any atom is -0.274 e. The predicted molar refractivity (Wildman–Crippen MR) is 127 cm³/mol. The van der Waals surface area contributed by atoms with E-state index in [1.54, 1.807) is 12.1 Å². The zero-order valence-electron chi connectivity index (χ0n) is 18.8. The summed E-state index contributed by atoms with van der Waals surface area (Å²) in [7, 11) is -4.09. The van der Waals surface area contributed by atoms with Gasteiger partial charge in [-0.05, 0) is 55.8 Å². The second-order valence-corrected chi connectivity index (χ2v) is 10.2. The van der Waals surface area contributed by atoms with Crippen LogP contribution in [-0.2, 0) is 26.2 Å². The molecule has 1 aliphatic rings. The third-order valence-electron chi connectivity index (χ3n) is 5.81. The number of anilines is 1. The summed E-state index contributed by atoms with van der Waals surface area (Å²) in [5.74, 6) is -1.11. The number of carbonyl (C=O) groups is 2. The van der Waals surface area contributed by atoms with Crippen molar-refractivity contribution in [2.24, 2.45) is 0 Å². The van der Waals surface area contributed by atoms with Gasteiger partial charge >= 0.3 is 0 Å². The Kier molecular flexibility index (Phi) is 6.33. The van der Waals surface area contributed by atoms with Crippen LogP contribution in [0, 0.1) is 25.2 Å². The van der Waals surface area contributed by atoms with Gasteiger partial charge in [0.05, 0.1) is 28.6 Å². The van der Waals surface area contributed by atoms with Gasteiger partial charge in [0.2, 0.25) is 15.9 Å². The van der Waals surface area contributed by atoms with Crippen molar-refractivity contribution in [3.63, 3.8) is 0 Å². The number of rotatable bonds is 6. The average Bonchev–Trinajstić information content (AvgIpc) is 3.12. The van der Waals surface area contributed by atoms with Crippen molar-refractivity contribution < 1.29 is 18.0 Å². The molecule has 1 saturated heterocycles. The fraction of sp³-hybridized carbons (Fsp3) is 0.192. The maximum atomic E-state index is 13.7. The molecule has 3 aromatic carbocycles. The number of benzene rings is 3. The summed E-state index contributed by atoms with van der Waals surface area (Å²) < 4.78 is 28.5. The maximum absolute atomic E-state index is 13.7. The highest BCUT2D eigenvalue weighted by atomic mass is 32.2. The summed E-state index contributed by atoms with van der Waals surface area (Å²) in [4.78, 5) is 27.4. The molecule has 1 fully saturated rings. The normalized spacial score (nSPS) is 16.2. The second-order valence-electron chi connectivity index (χ2n) is 8.29. The second kappa shape index (κ2) is 9.21. The third-order valence-corrected chi connectivity index (χ3v) is 7.68. The van der Waals surface area contributed by atoms with Gasteiger partial charge in [-0.25, -0.2) is 13.3 Å². The van der Waals surface area contributed by atoms with E-state index < -0.39 is 27.9 Å². The summed E-state index contributed by atoms with van der Waals surface area (Å²) in [6.07, 6.45) is -0.268. The smallest absolute Gasteiger partial charge is 0.252 e. The third kappa shape index (κ3) is 4.49. The molecule has 0 radical (unpaired) electrons. The lowest BCUT2D eigenvalue weighted by Crippen LogP contribution is -2.45. The van der Waals surface area contributed by atoms with E-state index in [1.165, 1.54) is 36.4 Å². The Morgan fingerprint density at radius 3 is 2.03 bits per heavy atom. The van der Waals surface area contributed by atoms with Crippen LogP contribution in [0.5, 0.6) is 0 Å². The molecule has 1 atom stereocenters. The molecule has 1 unspecified atom stereocenters. The molecule has 1 heterocycles. The van der Waals surface area contributed by atoms with Crippen molar-refractivity contribution in [2.45, 2.75) is 37.8 Å². The first kappa shape index (κ1) is 23.4. The topological polar surface area (TPSA) is 98.5 Å². The van der Waals surface area contributed by atoms with Gasteiger partial charge in [0.15, 0.2) is 0 Å². The van der Waals surface area contributed by atoms with Gasteiger partial charge < -0.3 is 0 Å². The van der Waals surface area contributed by atoms with E-state index in [0.29, 0.717) is 16.8 Å². The molecule has 8 heteroatoms. The Hall–Kier alpha value is -3.80. The minimum atomic E-state index is -4.09. The zero-order valence-corrected chi connectivity index (χ0v) is 19.6. The fourth-order valence-electron chi connectivity index (χ4n) is 3.88. The van der Waals surface area contributed by atoms with Gasteiger partial charge in [0.25, 0.3) is 5.91 Å². The van der Waals surface area contributed by atoms with Crippen LogP contribution >= 0.6 is 0 Å². The number of imide groups is 1. The molecule has 0 N–H and O–H groups in total. The molecule has 0 spiro atoms. The molecule has 3 aromatic rings. The van der Waals surface area contributed by atoms with E-state index in [4.69, 9.17) is 5.26 Å². The number of sulfonamides is 1. The average molecular weight is 474 g/mol. The highest BCUT2D eigenvalue weighted by Gasteiger charge is 2.47. The maximum Gasteiger partial charge on any atom is 0.252 e. The summed E-state index contributed by atoms with van der Waals surface area (Å²) in [6.45, 7) is 3.73. The molecule has 0 aliphatic carbocycles. The van der Waals surface area contributed by atoms with Crippen molar-refractivity contribution >= 4 is 27.5 Å². The molecule has 172 valence electrons. The van der Waals surface area contributed by atoms with E-state index in [1.807, 2.05) is 44.2 Å². The number of amides is 2. The summed E-state index contributed by atoms with van der Waals surface area (Å²) in [5, 5.41) is 9.01. The SMILES string of the molecule is Cc1ccc(CN(C2CC(=O)N(c3ccc(C#N)cc3)C2=O)S(=O)(=O)c2ccc(C)cc2)cc1. The highest BCUT2D eigenvalue weighted by Crippen LogP contribution is 2.31. The zero-order chi connectivity index (χ0) is 24.5. The Labute approximate surface area is 198 Å². The van der Waals surface area contributed by atoms with Gasteiger partial charge in [-0.3, -0.25) is 9.59 Å². The lowest BCUT2D eigenvalue weighted by atomic mass is 10.1. The number of nitriles is 1. The quantitative estimate of drug-likeness (QED) is 0.509. The molecule has 1 aliphatic heterocycles. The number of hydrogen-bond donors (Lipinski definition) is 0. The molecule has 0 aromatic heterocycles. The highest BCUT2D eigenvalue weighted by molar-refractivity contribution is 7.89. The summed E-state index contributed by atoms with van der Waals surface area (Å²) >= 11 is 0. The molecular formula is C26H23N3O4S. The molecule has 4 rings (SSSR count). The van der Waals surface area contributed by atoms with Crippen molar-refractivity contribution in [3.8, 4) is 6.07 Å². The van der Waals surface area contributed by atoms with Gasteiger partial charge in [-0.2, -0.15) is 9.57 Å². The van der Waals surface area contributed by atoms with E-state index >= 15 is 0 Å². The van der Waals surface area contributed by atoms with Crippen LogP contribution in [0.2, 0.25) is 0 Å². The first-order chi connectivity index (χ1) is 16.2. The predicted octanol–water partition coefficient (Wildman–Crippen LogP) is 3.70. The minimum absolute atomic E-state index is 0.0542. The largest absolute Gasteiger partial charge is 0.274 e. The van der Waals surface area contributed by atoms with E-state index in [2.05, 4.69) is 0 Å². The first-order valence-electron chi connectivity index (χ1n) is 10.7. The number of nitrogens with zero attached hydrogens (tertiary/aromatic N) is 3. The van der Waals surface area contributed by atoms with Gasteiger partial charge in [-0.1, -0.05) is 47.5 Å². The van der Waals surface area contributed by atoms with Crippen molar-refractivity contribution in [1.29, 1.82) is 5.26 Å². The van der Waals surface area contributed by atoms with Crippen LogP contribution in [-0.4, -0.2) is 30.6 Å². The molecular weight excluding hydrogens is 450 g/mol. The number of carbonyl (C=O) groups excluding carboxylic acids is 2. The Morgan fingerprint density at radius 1 is 0.912 bits per heavy atom. The molecule has 2 amide bonds. The van der Waals surface area contributed by atoms with Gasteiger partial charge in [-0.15, -0.1) is 0 Å². The molecule has 7 nitrogen and oxygen atoms in total. The van der Waals surface area contributed by atoms with E-state index in [9.17, 15) is 18.0 Å². The van der Waals surface area contributed by atoms with Crippen LogP contribution in [0.4, 0.5) is 5.69 Å². The Bertz CT molecular complexity index is 1370. The van der Waals surface area contributed by atoms with Crippen LogP contribution < -0.4 is 4.90 Å². The summed E-state index contributed by atoms with van der Waals surface area (Å²) in [6, 6.07) is 20.6. The van der Waals surface area contributed by atoms with Crippen molar-refractivity contribution in [1.82, 2.24) is 4.31 Å². The lowest BCUT2D eigenvalue weighted by molar-refractivity contribution is -0.122. The Balaban J connectivity index is 1.74.